The van der Waals surface area contributed by atoms with E-state index in [4.69, 9.17) is 23.7 Å². The lowest BCUT2D eigenvalue weighted by Crippen LogP contribution is -2.60. The van der Waals surface area contributed by atoms with Crippen molar-refractivity contribution in [2.24, 2.45) is 0 Å². The summed E-state index contributed by atoms with van der Waals surface area (Å²) in [7, 11) is 0. The summed E-state index contributed by atoms with van der Waals surface area (Å²) in [4.78, 5) is 11.6. The van der Waals surface area contributed by atoms with Crippen molar-refractivity contribution in [3.8, 4) is 11.6 Å². The van der Waals surface area contributed by atoms with Crippen molar-refractivity contribution >= 4 is 6.16 Å². The van der Waals surface area contributed by atoms with E-state index in [-0.39, 0.29) is 24.1 Å². The third-order valence-electron chi connectivity index (χ3n) is 5.98. The molecule has 0 saturated carbocycles. The van der Waals surface area contributed by atoms with Crippen LogP contribution in [0.3, 0.4) is 0 Å². The molecule has 3 rings (SSSR count). The molecule has 38 heavy (non-hydrogen) atoms. The third-order valence-corrected chi connectivity index (χ3v) is 5.98. The van der Waals surface area contributed by atoms with Gasteiger partial charge in [-0.25, -0.2) is 4.79 Å². The van der Waals surface area contributed by atoms with Crippen LogP contribution in [0.15, 0.2) is 24.3 Å². The lowest BCUT2D eigenvalue weighted by atomic mass is 9.99. The van der Waals surface area contributed by atoms with Crippen molar-refractivity contribution in [2.75, 3.05) is 13.2 Å². The monoisotopic (exact) mass is 536 g/mol. The zero-order chi connectivity index (χ0) is 28.2. The minimum Gasteiger partial charge on any atom is -0.488 e. The third kappa shape index (κ3) is 7.37. The lowest BCUT2D eigenvalue weighted by Gasteiger charge is -2.39. The van der Waals surface area contributed by atoms with Crippen LogP contribution in [-0.2, 0) is 20.6 Å². The summed E-state index contributed by atoms with van der Waals surface area (Å²) < 4.78 is 29.1. The number of nitrogens with zero attached hydrogens (tertiary/aromatic N) is 2. The predicted molar refractivity (Wildman–Crippen MR) is 137 cm³/mol. The number of benzene rings is 1. The van der Waals surface area contributed by atoms with Crippen LogP contribution in [0.2, 0.25) is 0 Å². The molecule has 5 atom stereocenters. The summed E-state index contributed by atoms with van der Waals surface area (Å²) in [5.41, 5.74) is 2.33. The molecule has 1 aliphatic heterocycles. The minimum atomic E-state index is -1.60. The molecule has 0 bridgehead atoms. The molecule has 0 unspecified atom stereocenters. The molecule has 1 aliphatic rings. The van der Waals surface area contributed by atoms with Crippen molar-refractivity contribution in [2.45, 2.75) is 97.2 Å². The molecule has 1 aromatic carbocycles. The van der Waals surface area contributed by atoms with Crippen LogP contribution in [-0.4, -0.2) is 80.8 Å². The van der Waals surface area contributed by atoms with Gasteiger partial charge >= 0.3 is 6.16 Å². The quantitative estimate of drug-likeness (QED) is 0.410. The first kappa shape index (κ1) is 29.7. The number of carbonyl (C=O) groups is 1. The van der Waals surface area contributed by atoms with Crippen molar-refractivity contribution in [1.82, 2.24) is 9.78 Å². The van der Waals surface area contributed by atoms with Crippen LogP contribution in [0.4, 0.5) is 4.79 Å². The van der Waals surface area contributed by atoms with Gasteiger partial charge in [-0.2, -0.15) is 0 Å². The average molecular weight is 537 g/mol. The van der Waals surface area contributed by atoms with Gasteiger partial charge in [0.25, 0.3) is 0 Å². The lowest BCUT2D eigenvalue weighted by molar-refractivity contribution is -0.278. The number of aliphatic hydroxyl groups excluding tert-OH is 3. The fourth-order valence-corrected chi connectivity index (χ4v) is 4.13. The highest BCUT2D eigenvalue weighted by molar-refractivity contribution is 5.59. The molecule has 1 saturated heterocycles. The van der Waals surface area contributed by atoms with E-state index >= 15 is 0 Å². The van der Waals surface area contributed by atoms with Gasteiger partial charge in [0.05, 0.1) is 6.61 Å². The Balaban J connectivity index is 1.82. The van der Waals surface area contributed by atoms with E-state index in [0.29, 0.717) is 6.42 Å². The Hall–Kier alpha value is -2.86. The van der Waals surface area contributed by atoms with Gasteiger partial charge in [-0.15, -0.1) is 5.10 Å². The van der Waals surface area contributed by atoms with E-state index in [1.807, 2.05) is 70.5 Å². The van der Waals surface area contributed by atoms with Crippen LogP contribution >= 0.6 is 0 Å². The van der Waals surface area contributed by atoms with Gasteiger partial charge in [0, 0.05) is 23.7 Å². The number of aromatic nitrogens is 2. The molecule has 1 aromatic heterocycles. The SMILES string of the molecule is CCOC(=O)OC[C@H]1O[C@@H](Oc2nn(C(C)C)c(C)c2Cc2ccc(OC(C)(C)C)cc2)[C@H](O)[C@@H](O)[C@@H]1O. The second-order valence-corrected chi connectivity index (χ2v) is 10.6. The van der Waals surface area contributed by atoms with E-state index in [2.05, 4.69) is 5.10 Å². The Morgan fingerprint density at radius 1 is 1.08 bits per heavy atom. The molecule has 0 spiro atoms. The fourth-order valence-electron chi connectivity index (χ4n) is 4.13. The Kier molecular flexibility index (Phi) is 9.64. The van der Waals surface area contributed by atoms with Crippen LogP contribution in [0.25, 0.3) is 0 Å². The van der Waals surface area contributed by atoms with E-state index in [1.165, 1.54) is 0 Å². The van der Waals surface area contributed by atoms with Gasteiger partial charge < -0.3 is 39.0 Å². The molecule has 2 heterocycles. The summed E-state index contributed by atoms with van der Waals surface area (Å²) in [5, 5.41) is 36.0. The van der Waals surface area contributed by atoms with E-state index in [1.54, 1.807) is 6.92 Å². The number of ether oxygens (including phenoxy) is 5. The first-order chi connectivity index (χ1) is 17.8. The maximum atomic E-state index is 11.6. The Bertz CT molecular complexity index is 1060. The zero-order valence-corrected chi connectivity index (χ0v) is 23.1. The maximum Gasteiger partial charge on any atom is 0.508 e. The normalized spacial score (nSPS) is 23.8. The molecule has 11 heteroatoms. The van der Waals surface area contributed by atoms with Gasteiger partial charge in [0.2, 0.25) is 12.2 Å². The van der Waals surface area contributed by atoms with Gasteiger partial charge in [0.1, 0.15) is 42.4 Å². The standard InChI is InChI=1S/C27H40N2O9/c1-8-34-26(33)35-14-20-21(30)22(31)23(32)25(36-20)37-24-19(16(4)29(28-24)15(2)3)13-17-9-11-18(12-10-17)38-27(5,6)7/h9-12,15,20-23,25,30-32H,8,13-14H2,1-7H3/t20-,21-,22+,23-,25+/m1/s1. The summed E-state index contributed by atoms with van der Waals surface area (Å²) >= 11 is 0. The van der Waals surface area contributed by atoms with Gasteiger partial charge in [0.15, 0.2) is 0 Å². The Morgan fingerprint density at radius 2 is 1.74 bits per heavy atom. The molecule has 11 nitrogen and oxygen atoms in total. The van der Waals surface area contributed by atoms with Crippen molar-refractivity contribution in [1.29, 1.82) is 0 Å². The molecule has 0 radical (unpaired) electrons. The van der Waals surface area contributed by atoms with Gasteiger partial charge in [-0.1, -0.05) is 12.1 Å². The van der Waals surface area contributed by atoms with Crippen molar-refractivity contribution in [3.63, 3.8) is 0 Å². The highest BCUT2D eigenvalue weighted by Crippen LogP contribution is 2.31. The Morgan fingerprint density at radius 3 is 2.32 bits per heavy atom. The van der Waals surface area contributed by atoms with Crippen molar-refractivity contribution in [3.05, 3.63) is 41.1 Å². The number of hydrogen-bond acceptors (Lipinski definition) is 10. The van der Waals surface area contributed by atoms with Crippen LogP contribution in [0, 0.1) is 6.92 Å². The second-order valence-electron chi connectivity index (χ2n) is 10.6. The topological polar surface area (TPSA) is 142 Å². The van der Waals surface area contributed by atoms with Gasteiger partial charge in [-0.3, -0.25) is 4.68 Å². The van der Waals surface area contributed by atoms with E-state index in [9.17, 15) is 20.1 Å². The summed E-state index contributed by atoms with van der Waals surface area (Å²) in [6.45, 7) is 13.2. The van der Waals surface area contributed by atoms with Gasteiger partial charge in [-0.05, 0) is 66.2 Å². The smallest absolute Gasteiger partial charge is 0.488 e. The largest absolute Gasteiger partial charge is 0.508 e. The maximum absolute atomic E-state index is 11.6. The highest BCUT2D eigenvalue weighted by atomic mass is 16.7. The summed E-state index contributed by atoms with van der Waals surface area (Å²) in [6.07, 6.45) is -7.68. The molecular weight excluding hydrogens is 496 g/mol. The average Bonchev–Trinajstić information content (AvgIpc) is 3.14. The fraction of sp³-hybridized carbons (Fsp3) is 0.630. The second kappa shape index (κ2) is 12.3. The number of aliphatic hydroxyl groups is 3. The number of hydrogen-bond donors (Lipinski definition) is 3. The predicted octanol–water partition coefficient (Wildman–Crippen LogP) is 2.90. The molecule has 212 valence electrons. The first-order valence-corrected chi connectivity index (χ1v) is 12.8. The molecule has 1 fully saturated rings. The first-order valence-electron chi connectivity index (χ1n) is 12.8. The zero-order valence-electron chi connectivity index (χ0n) is 23.1. The molecule has 2 aromatic rings. The highest BCUT2D eigenvalue weighted by Gasteiger charge is 2.46. The summed E-state index contributed by atoms with van der Waals surface area (Å²) in [6, 6.07) is 7.77. The van der Waals surface area contributed by atoms with Crippen molar-refractivity contribution < 1.29 is 43.8 Å². The minimum absolute atomic E-state index is 0.0315. The van der Waals surface area contributed by atoms with Crippen LogP contribution in [0.1, 0.15) is 64.4 Å². The molecule has 0 amide bonds. The van der Waals surface area contributed by atoms with E-state index in [0.717, 1.165) is 22.6 Å². The molecule has 0 aliphatic carbocycles. The molecular formula is C27H40N2O9. The van der Waals surface area contributed by atoms with Crippen LogP contribution in [0.5, 0.6) is 11.6 Å². The number of carbonyl (C=O) groups excluding carboxylic acids is 1. The van der Waals surface area contributed by atoms with E-state index < -0.39 is 43.5 Å². The summed E-state index contributed by atoms with van der Waals surface area (Å²) in [5.74, 6) is 0.985. The Labute approximate surface area is 223 Å². The molecule has 3 N–H and O–H groups in total. The van der Waals surface area contributed by atoms with Crippen LogP contribution < -0.4 is 9.47 Å². The number of rotatable bonds is 9.